The molecular weight excluding hydrogens is 230 g/mol. The number of hydrogen-bond donors (Lipinski definition) is 1. The van der Waals surface area contributed by atoms with Crippen molar-refractivity contribution in [2.75, 3.05) is 17.2 Å². The molecule has 0 aliphatic carbocycles. The van der Waals surface area contributed by atoms with E-state index in [4.69, 9.17) is 5.73 Å². The molecule has 0 amide bonds. The van der Waals surface area contributed by atoms with E-state index >= 15 is 0 Å². The van der Waals surface area contributed by atoms with Crippen molar-refractivity contribution in [3.05, 3.63) is 22.5 Å². The topological polar surface area (TPSA) is 95.1 Å². The van der Waals surface area contributed by atoms with Crippen molar-refractivity contribution in [1.82, 2.24) is 9.78 Å². The number of aryl methyl sites for hydroxylation is 1. The van der Waals surface area contributed by atoms with Gasteiger partial charge in [0.05, 0.1) is 12.3 Å². The Balaban J connectivity index is 2.75. The molecule has 1 heterocycles. The van der Waals surface area contributed by atoms with Gasteiger partial charge in [-0.05, 0) is 12.5 Å². The van der Waals surface area contributed by atoms with Crippen LogP contribution >= 0.6 is 0 Å². The van der Waals surface area contributed by atoms with Crippen LogP contribution in [0, 0.1) is 0 Å². The minimum Gasteiger partial charge on any atom is -0.382 e. The van der Waals surface area contributed by atoms with E-state index in [-0.39, 0.29) is 29.4 Å². The third-order valence-corrected chi connectivity index (χ3v) is 3.85. The number of anilines is 1. The monoisotopic (exact) mass is 245 g/mol. The minimum absolute atomic E-state index is 0.0478. The predicted molar refractivity (Wildman–Crippen MR) is 61.9 cm³/mol. The molecule has 2 N–H and O–H groups in total. The van der Waals surface area contributed by atoms with Crippen LogP contribution in [0.3, 0.4) is 0 Å². The van der Waals surface area contributed by atoms with Gasteiger partial charge in [0, 0.05) is 11.8 Å². The third-order valence-electron chi connectivity index (χ3n) is 2.02. The Kier molecular flexibility index (Phi) is 4.05. The maximum atomic E-state index is 11.4. The lowest BCUT2D eigenvalue weighted by Crippen LogP contribution is -2.27. The van der Waals surface area contributed by atoms with Crippen molar-refractivity contribution in [1.29, 1.82) is 0 Å². The summed E-state index contributed by atoms with van der Waals surface area (Å²) in [6, 6.07) is 2.66. The maximum absolute atomic E-state index is 11.4. The summed E-state index contributed by atoms with van der Waals surface area (Å²) in [6.45, 7) is 1.84. The van der Waals surface area contributed by atoms with Crippen LogP contribution < -0.4 is 11.3 Å². The van der Waals surface area contributed by atoms with Gasteiger partial charge in [0.1, 0.15) is 5.82 Å². The molecule has 0 aliphatic heterocycles. The van der Waals surface area contributed by atoms with Crippen molar-refractivity contribution in [3.63, 3.8) is 0 Å². The van der Waals surface area contributed by atoms with Crippen LogP contribution in [0.2, 0.25) is 0 Å². The van der Waals surface area contributed by atoms with Gasteiger partial charge in [-0.3, -0.25) is 4.79 Å². The molecule has 0 unspecified atom stereocenters. The Morgan fingerprint density at radius 3 is 2.69 bits per heavy atom. The predicted octanol–water partition coefficient (Wildman–Crippen LogP) is -0.350. The molecule has 0 atom stereocenters. The highest BCUT2D eigenvalue weighted by molar-refractivity contribution is 7.91. The fourth-order valence-corrected chi connectivity index (χ4v) is 2.54. The lowest BCUT2D eigenvalue weighted by Gasteiger charge is -2.05. The van der Waals surface area contributed by atoms with Crippen LogP contribution in [0.25, 0.3) is 0 Å². The highest BCUT2D eigenvalue weighted by Crippen LogP contribution is 1.95. The minimum atomic E-state index is -3.10. The number of rotatable bonds is 5. The van der Waals surface area contributed by atoms with E-state index in [2.05, 4.69) is 5.10 Å². The molecule has 16 heavy (non-hydrogen) atoms. The molecule has 0 aromatic carbocycles. The van der Waals surface area contributed by atoms with Gasteiger partial charge in [0.15, 0.2) is 9.84 Å². The van der Waals surface area contributed by atoms with Crippen molar-refractivity contribution in [2.45, 2.75) is 19.9 Å². The van der Waals surface area contributed by atoms with E-state index in [1.807, 2.05) is 0 Å². The van der Waals surface area contributed by atoms with Gasteiger partial charge in [-0.1, -0.05) is 6.92 Å². The number of nitrogens with zero attached hydrogens (tertiary/aromatic N) is 2. The Hall–Kier alpha value is -1.37. The Labute approximate surface area is 94.0 Å². The normalized spacial score (nSPS) is 11.6. The molecule has 0 fully saturated rings. The van der Waals surface area contributed by atoms with Crippen molar-refractivity contribution < 1.29 is 8.42 Å². The number of hydrogen-bond acceptors (Lipinski definition) is 5. The van der Waals surface area contributed by atoms with Gasteiger partial charge in [-0.2, -0.15) is 5.10 Å². The van der Waals surface area contributed by atoms with Gasteiger partial charge in [-0.15, -0.1) is 0 Å². The summed E-state index contributed by atoms with van der Waals surface area (Å²) < 4.78 is 23.9. The Morgan fingerprint density at radius 2 is 2.06 bits per heavy atom. The Bertz CT molecular complexity index is 507. The van der Waals surface area contributed by atoms with Gasteiger partial charge >= 0.3 is 0 Å². The summed E-state index contributed by atoms with van der Waals surface area (Å²) in [5.74, 6) is 0.244. The van der Waals surface area contributed by atoms with Gasteiger partial charge in [0.25, 0.3) is 5.56 Å². The molecular formula is C9H15N3O3S. The van der Waals surface area contributed by atoms with E-state index in [0.717, 1.165) is 4.68 Å². The summed E-state index contributed by atoms with van der Waals surface area (Å²) in [7, 11) is -3.10. The Morgan fingerprint density at radius 1 is 1.38 bits per heavy atom. The summed E-state index contributed by atoms with van der Waals surface area (Å²) in [5, 5.41) is 3.75. The number of nitrogen functional groups attached to an aromatic ring is 1. The summed E-state index contributed by atoms with van der Waals surface area (Å²) in [4.78, 5) is 11.3. The summed E-state index contributed by atoms with van der Waals surface area (Å²) >= 11 is 0. The molecule has 0 radical (unpaired) electrons. The van der Waals surface area contributed by atoms with E-state index in [0.29, 0.717) is 6.42 Å². The number of sulfone groups is 1. The first-order valence-electron chi connectivity index (χ1n) is 4.98. The van der Waals surface area contributed by atoms with Crippen LogP contribution in [0.5, 0.6) is 0 Å². The van der Waals surface area contributed by atoms with Crippen LogP contribution in [0.15, 0.2) is 16.9 Å². The largest absolute Gasteiger partial charge is 0.382 e. The fraction of sp³-hybridized carbons (Fsp3) is 0.556. The van der Waals surface area contributed by atoms with Crippen LogP contribution in [-0.2, 0) is 16.4 Å². The molecule has 0 saturated heterocycles. The first-order valence-corrected chi connectivity index (χ1v) is 6.81. The van der Waals surface area contributed by atoms with Gasteiger partial charge in [0.2, 0.25) is 0 Å². The second-order valence-electron chi connectivity index (χ2n) is 3.47. The van der Waals surface area contributed by atoms with Crippen molar-refractivity contribution >= 4 is 15.7 Å². The lowest BCUT2D eigenvalue weighted by molar-refractivity contribution is 0.571. The zero-order valence-corrected chi connectivity index (χ0v) is 9.90. The quantitative estimate of drug-likeness (QED) is 0.765. The zero-order valence-electron chi connectivity index (χ0n) is 9.09. The molecule has 90 valence electrons. The van der Waals surface area contributed by atoms with Crippen LogP contribution in [-0.4, -0.2) is 29.7 Å². The molecule has 1 aromatic rings. The third kappa shape index (κ3) is 3.65. The standard InChI is InChI=1S/C9H15N3O3S/c1-2-6-16(14,15)7-5-12-9(13)4-3-8(10)11-12/h3-4H,2,5-7H2,1H3,(H2,10,11). The average molecular weight is 245 g/mol. The molecule has 0 aliphatic rings. The second-order valence-corrected chi connectivity index (χ2v) is 5.78. The maximum Gasteiger partial charge on any atom is 0.266 e. The van der Waals surface area contributed by atoms with E-state index in [1.54, 1.807) is 6.92 Å². The van der Waals surface area contributed by atoms with Crippen molar-refractivity contribution in [3.8, 4) is 0 Å². The molecule has 0 bridgehead atoms. The number of aromatic nitrogens is 2. The lowest BCUT2D eigenvalue weighted by atomic mass is 10.5. The van der Waals surface area contributed by atoms with Gasteiger partial charge in [-0.25, -0.2) is 13.1 Å². The van der Waals surface area contributed by atoms with E-state index < -0.39 is 9.84 Å². The fourth-order valence-electron chi connectivity index (χ4n) is 1.26. The molecule has 0 saturated carbocycles. The molecule has 1 aromatic heterocycles. The molecule has 7 heteroatoms. The second kappa shape index (κ2) is 5.11. The summed E-state index contributed by atoms with van der Waals surface area (Å²) in [6.07, 6.45) is 0.571. The molecule has 1 rings (SSSR count). The van der Waals surface area contributed by atoms with Crippen LogP contribution in [0.4, 0.5) is 5.82 Å². The van der Waals surface area contributed by atoms with E-state index in [9.17, 15) is 13.2 Å². The smallest absolute Gasteiger partial charge is 0.266 e. The first kappa shape index (κ1) is 12.7. The van der Waals surface area contributed by atoms with Crippen molar-refractivity contribution in [2.24, 2.45) is 0 Å². The van der Waals surface area contributed by atoms with E-state index in [1.165, 1.54) is 12.1 Å². The SMILES string of the molecule is CCCS(=O)(=O)CCn1nc(N)ccc1=O. The van der Waals surface area contributed by atoms with Crippen LogP contribution in [0.1, 0.15) is 13.3 Å². The average Bonchev–Trinajstić information content (AvgIpc) is 2.19. The first-order chi connectivity index (χ1) is 7.44. The molecule has 6 nitrogen and oxygen atoms in total. The molecule has 0 spiro atoms. The number of nitrogens with two attached hydrogens (primary N) is 1. The highest BCUT2D eigenvalue weighted by Gasteiger charge is 2.10. The zero-order chi connectivity index (χ0) is 12.2. The van der Waals surface area contributed by atoms with Gasteiger partial charge < -0.3 is 5.73 Å². The highest BCUT2D eigenvalue weighted by atomic mass is 32.2. The summed E-state index contributed by atoms with van der Waals surface area (Å²) in [5.41, 5.74) is 5.06.